The Morgan fingerprint density at radius 3 is 1.85 bits per heavy atom. The molecular weight excluding hydrogens is 738 g/mol. The predicted molar refractivity (Wildman–Crippen MR) is 220 cm³/mol. The lowest BCUT2D eigenvalue weighted by Gasteiger charge is -2.15. The molecule has 0 aliphatic heterocycles. The van der Waals surface area contributed by atoms with Crippen molar-refractivity contribution >= 4 is 56.5 Å². The Hall–Kier alpha value is -4.77. The van der Waals surface area contributed by atoms with E-state index in [9.17, 15) is 26.4 Å². The Kier molecular flexibility index (Phi) is 13.1. The van der Waals surface area contributed by atoms with Crippen LogP contribution in [0.1, 0.15) is 96.5 Å². The summed E-state index contributed by atoms with van der Waals surface area (Å²) in [4.78, 5) is 13.1. The fourth-order valence-electron chi connectivity index (χ4n) is 6.61. The molecule has 0 radical (unpaired) electrons. The highest BCUT2D eigenvalue weighted by Gasteiger charge is 2.48. The maximum atomic E-state index is 13.3. The van der Waals surface area contributed by atoms with E-state index in [1.165, 1.54) is 25.3 Å². The molecule has 0 saturated carbocycles. The van der Waals surface area contributed by atoms with E-state index in [0.717, 1.165) is 86.8 Å². The van der Waals surface area contributed by atoms with E-state index >= 15 is 0 Å². The molecule has 0 aromatic heterocycles. The zero-order valence-electron chi connectivity index (χ0n) is 32.3. The second-order valence-electron chi connectivity index (χ2n) is 15.0. The van der Waals surface area contributed by atoms with Crippen molar-refractivity contribution in [3.8, 4) is 29.1 Å². The zero-order valence-corrected chi connectivity index (χ0v) is 34.1. The predicted octanol–water partition coefficient (Wildman–Crippen LogP) is 11.9. The van der Waals surface area contributed by atoms with Crippen molar-refractivity contribution in [1.82, 2.24) is 0 Å². The highest BCUT2D eigenvalue weighted by Crippen LogP contribution is 2.39. The van der Waals surface area contributed by atoms with Crippen LogP contribution in [0.15, 0.2) is 66.7 Å². The number of unbranched alkanes of at least 4 members (excludes halogenated alkanes) is 7. The topological polar surface area (TPSA) is 69.7 Å². The van der Waals surface area contributed by atoms with Gasteiger partial charge >= 0.3 is 21.6 Å². The first-order chi connectivity index (χ1) is 26.0. The van der Waals surface area contributed by atoms with Gasteiger partial charge in [0.15, 0.2) is 0 Å². The van der Waals surface area contributed by atoms with Crippen LogP contribution in [0.5, 0.6) is 5.75 Å². The summed E-state index contributed by atoms with van der Waals surface area (Å²) in [7, 11) is -7.73. The number of esters is 1. The van der Waals surface area contributed by atoms with Crippen LogP contribution in [-0.2, 0) is 14.9 Å². The van der Waals surface area contributed by atoms with Crippen LogP contribution in [0, 0.1) is 37.2 Å². The lowest BCUT2D eigenvalue weighted by Crippen LogP contribution is -2.28. The van der Waals surface area contributed by atoms with Crippen molar-refractivity contribution in [2.45, 2.75) is 97.3 Å². The minimum atomic E-state index is -6.02. The minimum absolute atomic E-state index is 0.0749. The summed E-state index contributed by atoms with van der Waals surface area (Å²) in [6, 6.07) is 19.6. The lowest BCUT2D eigenvalue weighted by molar-refractivity contribution is -0.0500. The van der Waals surface area contributed by atoms with Crippen LogP contribution in [0.4, 0.5) is 13.2 Å². The molecule has 0 amide bonds. The fourth-order valence-corrected chi connectivity index (χ4v) is 7.56. The van der Waals surface area contributed by atoms with Crippen molar-refractivity contribution in [1.29, 1.82) is 0 Å². The first-order valence-electron chi connectivity index (χ1n) is 18.8. The molecule has 288 valence electrons. The Balaban J connectivity index is 1.58. The lowest BCUT2D eigenvalue weighted by atomic mass is 9.88. The van der Waals surface area contributed by atoms with Gasteiger partial charge in [-0.2, -0.15) is 21.6 Å². The van der Waals surface area contributed by atoms with Gasteiger partial charge in [-0.15, -0.1) is 5.54 Å². The van der Waals surface area contributed by atoms with E-state index in [-0.39, 0.29) is 17.7 Å². The minimum Gasteiger partial charge on any atom is -0.462 e. The van der Waals surface area contributed by atoms with Crippen LogP contribution in [0.2, 0.25) is 19.6 Å². The molecule has 0 aliphatic rings. The highest BCUT2D eigenvalue weighted by atomic mass is 32.2. The van der Waals surface area contributed by atoms with Crippen molar-refractivity contribution in [3.05, 3.63) is 100 Å². The third kappa shape index (κ3) is 10.3. The maximum absolute atomic E-state index is 13.3. The quantitative estimate of drug-likeness (QED) is 0.0240. The van der Waals surface area contributed by atoms with Crippen LogP contribution >= 0.6 is 0 Å². The largest absolute Gasteiger partial charge is 0.534 e. The van der Waals surface area contributed by atoms with Gasteiger partial charge in [0.25, 0.3) is 0 Å². The summed E-state index contributed by atoms with van der Waals surface area (Å²) in [5.41, 5.74) is 1.41. The number of rotatable bonds is 12. The summed E-state index contributed by atoms with van der Waals surface area (Å²) >= 11 is 0. The van der Waals surface area contributed by atoms with Gasteiger partial charge < -0.3 is 8.92 Å². The molecule has 0 saturated heterocycles. The van der Waals surface area contributed by atoms with Crippen LogP contribution < -0.4 is 4.18 Å². The molecule has 5 nitrogen and oxygen atoms in total. The molecule has 5 rings (SSSR count). The first-order valence-corrected chi connectivity index (χ1v) is 23.7. The van der Waals surface area contributed by atoms with Gasteiger partial charge in [0.1, 0.15) is 13.8 Å². The van der Waals surface area contributed by atoms with E-state index < -0.39 is 35.4 Å². The normalized spacial score (nSPS) is 11.9. The van der Waals surface area contributed by atoms with Gasteiger partial charge in [-0.3, -0.25) is 0 Å². The standard InChI is InChI=1S/C45H47F3O5SSi/c1-7-8-9-10-11-12-13-14-24-52-44(49)37-26-33(27-38(30-37)53-54(50,51)45(46,47)48)21-22-34-28-36-29-35(23-25-55(4,5)6)40-20-16-18-32(3)42(40)43(36)41-31(2)17-15-19-39(34)41/h15-20,26-30H,7-14,24H2,1-6H3. The second kappa shape index (κ2) is 17.4. The van der Waals surface area contributed by atoms with E-state index in [1.807, 2.05) is 37.3 Å². The first kappa shape index (κ1) is 41.4. The van der Waals surface area contributed by atoms with Crippen molar-refractivity contribution in [3.63, 3.8) is 0 Å². The zero-order chi connectivity index (χ0) is 40.0. The number of hydrogen-bond acceptors (Lipinski definition) is 5. The van der Waals surface area contributed by atoms with Gasteiger partial charge in [0, 0.05) is 16.7 Å². The Morgan fingerprint density at radius 2 is 1.29 bits per heavy atom. The summed E-state index contributed by atoms with van der Waals surface area (Å²) in [6.07, 6.45) is 8.33. The number of fused-ring (bicyclic) bond motifs is 5. The molecule has 0 spiro atoms. The van der Waals surface area contributed by atoms with Crippen molar-refractivity contribution in [2.75, 3.05) is 6.61 Å². The Labute approximate surface area is 323 Å². The van der Waals surface area contributed by atoms with Gasteiger partial charge in [0.2, 0.25) is 0 Å². The molecule has 0 N–H and O–H groups in total. The molecule has 0 aliphatic carbocycles. The number of carbonyl (C=O) groups excluding carboxylic acids is 1. The van der Waals surface area contributed by atoms with E-state index in [4.69, 9.17) is 4.74 Å². The third-order valence-electron chi connectivity index (χ3n) is 9.29. The SMILES string of the molecule is CCCCCCCCCCOC(=O)c1cc(C#Cc2cc3cc(C#C[Si](C)(C)C)c4cccc(C)c4c3c3c(C)cccc23)cc(OS(=O)(=O)C(F)(F)F)c1. The summed E-state index contributed by atoms with van der Waals surface area (Å²) in [5, 5.41) is 6.03. The third-order valence-corrected chi connectivity index (χ3v) is 11.1. The summed E-state index contributed by atoms with van der Waals surface area (Å²) in [6.45, 7) is 13.0. The van der Waals surface area contributed by atoms with Crippen molar-refractivity contribution in [2.24, 2.45) is 0 Å². The summed E-state index contributed by atoms with van der Waals surface area (Å²) < 4.78 is 73.9. The second-order valence-corrected chi connectivity index (χ2v) is 21.3. The molecule has 55 heavy (non-hydrogen) atoms. The average molecular weight is 785 g/mol. The van der Waals surface area contributed by atoms with Gasteiger partial charge in [-0.05, 0) is 94.0 Å². The molecule has 5 aromatic rings. The van der Waals surface area contributed by atoms with Gasteiger partial charge in [-0.1, -0.05) is 126 Å². The number of ether oxygens (including phenoxy) is 1. The molecule has 0 atom stereocenters. The number of aryl methyl sites for hydroxylation is 2. The molecular formula is C45H47F3O5SSi. The molecule has 10 heteroatoms. The number of benzene rings is 5. The van der Waals surface area contributed by atoms with E-state index in [2.05, 4.69) is 79.2 Å². The van der Waals surface area contributed by atoms with Gasteiger partial charge in [-0.25, -0.2) is 4.79 Å². The fraction of sp³-hybridized carbons (Fsp3) is 0.356. The van der Waals surface area contributed by atoms with Crippen LogP contribution in [-0.4, -0.2) is 34.6 Å². The smallest absolute Gasteiger partial charge is 0.462 e. The molecule has 0 bridgehead atoms. The van der Waals surface area contributed by atoms with Crippen LogP contribution in [0.25, 0.3) is 32.3 Å². The molecule has 5 aromatic carbocycles. The Morgan fingerprint density at radius 1 is 0.727 bits per heavy atom. The number of carbonyl (C=O) groups is 1. The molecule has 0 unspecified atom stereocenters. The van der Waals surface area contributed by atoms with Crippen molar-refractivity contribution < 1.29 is 35.3 Å². The van der Waals surface area contributed by atoms with E-state index in [1.54, 1.807) is 0 Å². The number of alkyl halides is 3. The summed E-state index contributed by atoms with van der Waals surface area (Å²) in [5.74, 6) is 8.09. The maximum Gasteiger partial charge on any atom is 0.534 e. The number of halogens is 3. The Bertz CT molecular complexity index is 2480. The van der Waals surface area contributed by atoms with Crippen LogP contribution in [0.3, 0.4) is 0 Å². The monoisotopic (exact) mass is 784 g/mol. The van der Waals surface area contributed by atoms with Gasteiger partial charge in [0.05, 0.1) is 12.2 Å². The average Bonchev–Trinajstić information content (AvgIpc) is 3.11. The molecule has 0 heterocycles. The molecule has 0 fully saturated rings. The number of hydrogen-bond donors (Lipinski definition) is 0. The van der Waals surface area contributed by atoms with E-state index in [0.29, 0.717) is 12.0 Å². The highest BCUT2D eigenvalue weighted by molar-refractivity contribution is 7.88.